The Kier molecular flexibility index (Phi) is 3.44. The molecule has 3 rings (SSSR count). The summed E-state index contributed by atoms with van der Waals surface area (Å²) in [4.78, 5) is 19.3. The molecule has 1 aromatic carbocycles. The van der Waals surface area contributed by atoms with Crippen molar-refractivity contribution < 1.29 is 9.53 Å². The predicted octanol–water partition coefficient (Wildman–Crippen LogP) is 3.58. The second-order valence-corrected chi connectivity index (χ2v) is 4.83. The van der Waals surface area contributed by atoms with Crippen LogP contribution in [0.3, 0.4) is 0 Å². The van der Waals surface area contributed by atoms with Gasteiger partial charge in [-0.1, -0.05) is 19.1 Å². The average molecular weight is 280 g/mol. The molecule has 1 N–H and O–H groups in total. The number of carbonyl (C=O) groups excluding carboxylic acids is 1. The second kappa shape index (κ2) is 5.40. The van der Waals surface area contributed by atoms with Gasteiger partial charge in [-0.15, -0.1) is 0 Å². The molecular formula is C17H16N2O2. The van der Waals surface area contributed by atoms with Crippen LogP contribution in [0.1, 0.15) is 22.8 Å². The Morgan fingerprint density at radius 3 is 2.62 bits per heavy atom. The molecule has 4 heteroatoms. The minimum Gasteiger partial charge on any atom is -0.465 e. The lowest BCUT2D eigenvalue weighted by Gasteiger charge is -2.03. The molecule has 0 fully saturated rings. The summed E-state index contributed by atoms with van der Waals surface area (Å²) in [6, 6.07) is 11.3. The molecule has 0 aliphatic heterocycles. The number of esters is 1. The van der Waals surface area contributed by atoms with E-state index in [1.54, 1.807) is 12.1 Å². The van der Waals surface area contributed by atoms with Gasteiger partial charge < -0.3 is 9.72 Å². The van der Waals surface area contributed by atoms with Gasteiger partial charge in [-0.05, 0) is 36.2 Å². The van der Waals surface area contributed by atoms with Crippen LogP contribution in [0.15, 0.2) is 42.6 Å². The number of fused-ring (bicyclic) bond motifs is 1. The molecule has 0 atom stereocenters. The second-order valence-electron chi connectivity index (χ2n) is 4.83. The molecule has 0 radical (unpaired) electrons. The molecule has 0 aliphatic carbocycles. The maximum Gasteiger partial charge on any atom is 0.337 e. The Morgan fingerprint density at radius 2 is 1.95 bits per heavy atom. The molecule has 0 bridgehead atoms. The van der Waals surface area contributed by atoms with Crippen LogP contribution >= 0.6 is 0 Å². The number of methoxy groups -OCH3 is 1. The van der Waals surface area contributed by atoms with E-state index >= 15 is 0 Å². The van der Waals surface area contributed by atoms with E-state index in [0.717, 1.165) is 28.7 Å². The number of benzene rings is 1. The standard InChI is InChI=1S/C17H16N2O2/c1-3-11-10-18-16-14(11)8-9-15(19-16)12-4-6-13(7-5-12)17(20)21-2/h4-10H,3H2,1-2H3,(H,18,19). The van der Waals surface area contributed by atoms with Crippen molar-refractivity contribution in [1.82, 2.24) is 9.97 Å². The van der Waals surface area contributed by atoms with Gasteiger partial charge in [-0.2, -0.15) is 0 Å². The van der Waals surface area contributed by atoms with E-state index in [1.807, 2.05) is 24.4 Å². The zero-order valence-corrected chi connectivity index (χ0v) is 12.0. The van der Waals surface area contributed by atoms with Gasteiger partial charge in [0.15, 0.2) is 0 Å². The van der Waals surface area contributed by atoms with Crippen molar-refractivity contribution in [1.29, 1.82) is 0 Å². The SMILES string of the molecule is CCc1c[nH]c2nc(-c3ccc(C(=O)OC)cc3)ccc12. The molecule has 0 saturated heterocycles. The number of aromatic amines is 1. The number of hydrogen-bond acceptors (Lipinski definition) is 3. The van der Waals surface area contributed by atoms with E-state index in [0.29, 0.717) is 5.56 Å². The number of carbonyl (C=O) groups is 1. The summed E-state index contributed by atoms with van der Waals surface area (Å²) < 4.78 is 4.70. The summed E-state index contributed by atoms with van der Waals surface area (Å²) in [6.45, 7) is 2.13. The summed E-state index contributed by atoms with van der Waals surface area (Å²) in [5, 5.41) is 1.16. The first-order chi connectivity index (χ1) is 10.2. The third-order valence-corrected chi connectivity index (χ3v) is 3.61. The Balaban J connectivity index is 1.98. The zero-order chi connectivity index (χ0) is 14.8. The summed E-state index contributed by atoms with van der Waals surface area (Å²) in [6.07, 6.45) is 2.98. The van der Waals surface area contributed by atoms with E-state index in [9.17, 15) is 4.79 Å². The number of H-pyrrole nitrogens is 1. The number of rotatable bonds is 3. The van der Waals surface area contributed by atoms with Crippen LogP contribution in [0.5, 0.6) is 0 Å². The molecule has 0 saturated carbocycles. The third-order valence-electron chi connectivity index (χ3n) is 3.61. The molecule has 0 aliphatic rings. The number of aromatic nitrogens is 2. The van der Waals surface area contributed by atoms with Gasteiger partial charge in [0.25, 0.3) is 0 Å². The van der Waals surface area contributed by atoms with Crippen molar-refractivity contribution in [3.8, 4) is 11.3 Å². The Morgan fingerprint density at radius 1 is 1.19 bits per heavy atom. The highest BCUT2D eigenvalue weighted by Crippen LogP contribution is 2.23. The molecule has 0 amide bonds. The lowest BCUT2D eigenvalue weighted by atomic mass is 10.1. The Hall–Kier alpha value is -2.62. The maximum absolute atomic E-state index is 11.4. The summed E-state index contributed by atoms with van der Waals surface area (Å²) in [5.41, 5.74) is 4.54. The number of hydrogen-bond donors (Lipinski definition) is 1. The quantitative estimate of drug-likeness (QED) is 0.746. The average Bonchev–Trinajstić information content (AvgIpc) is 2.96. The number of pyridine rings is 1. The predicted molar refractivity (Wildman–Crippen MR) is 82.2 cm³/mol. The van der Waals surface area contributed by atoms with Crippen molar-refractivity contribution in [2.24, 2.45) is 0 Å². The lowest BCUT2D eigenvalue weighted by molar-refractivity contribution is 0.0601. The number of nitrogens with one attached hydrogen (secondary N) is 1. The van der Waals surface area contributed by atoms with Crippen LogP contribution in [0.25, 0.3) is 22.3 Å². The molecule has 2 aromatic heterocycles. The van der Waals surface area contributed by atoms with E-state index in [4.69, 9.17) is 4.74 Å². The molecule has 21 heavy (non-hydrogen) atoms. The van der Waals surface area contributed by atoms with Crippen LogP contribution < -0.4 is 0 Å². The minimum atomic E-state index is -0.332. The molecule has 106 valence electrons. The third kappa shape index (κ3) is 2.40. The van der Waals surface area contributed by atoms with Crippen LogP contribution in [0, 0.1) is 0 Å². The topological polar surface area (TPSA) is 55.0 Å². The van der Waals surface area contributed by atoms with Gasteiger partial charge in [-0.25, -0.2) is 9.78 Å². The maximum atomic E-state index is 11.4. The highest BCUT2D eigenvalue weighted by atomic mass is 16.5. The molecular weight excluding hydrogens is 264 g/mol. The van der Waals surface area contributed by atoms with E-state index in [2.05, 4.69) is 23.0 Å². The van der Waals surface area contributed by atoms with Crippen molar-refractivity contribution in [2.45, 2.75) is 13.3 Å². The van der Waals surface area contributed by atoms with Gasteiger partial charge in [0.1, 0.15) is 5.65 Å². The number of aryl methyl sites for hydroxylation is 1. The minimum absolute atomic E-state index is 0.332. The van der Waals surface area contributed by atoms with Gasteiger partial charge in [-0.3, -0.25) is 0 Å². The van der Waals surface area contributed by atoms with Crippen molar-refractivity contribution in [2.75, 3.05) is 7.11 Å². The highest BCUT2D eigenvalue weighted by molar-refractivity contribution is 5.90. The van der Waals surface area contributed by atoms with Gasteiger partial charge >= 0.3 is 5.97 Å². The first kappa shape index (κ1) is 13.4. The Bertz CT molecular complexity index is 788. The van der Waals surface area contributed by atoms with Gasteiger partial charge in [0.2, 0.25) is 0 Å². The van der Waals surface area contributed by atoms with Crippen molar-refractivity contribution in [3.63, 3.8) is 0 Å². The largest absolute Gasteiger partial charge is 0.465 e. The van der Waals surface area contributed by atoms with Crippen molar-refractivity contribution >= 4 is 17.0 Å². The van der Waals surface area contributed by atoms with Crippen LogP contribution in [0.2, 0.25) is 0 Å². The zero-order valence-electron chi connectivity index (χ0n) is 12.0. The van der Waals surface area contributed by atoms with Crippen LogP contribution in [-0.2, 0) is 11.2 Å². The van der Waals surface area contributed by atoms with E-state index < -0.39 is 0 Å². The summed E-state index contributed by atoms with van der Waals surface area (Å²) in [7, 11) is 1.38. The smallest absolute Gasteiger partial charge is 0.337 e. The van der Waals surface area contributed by atoms with E-state index in [-0.39, 0.29) is 5.97 Å². The summed E-state index contributed by atoms with van der Waals surface area (Å²) in [5.74, 6) is -0.332. The fourth-order valence-corrected chi connectivity index (χ4v) is 2.41. The first-order valence-corrected chi connectivity index (χ1v) is 6.88. The molecule has 2 heterocycles. The first-order valence-electron chi connectivity index (χ1n) is 6.88. The van der Waals surface area contributed by atoms with Gasteiger partial charge in [0.05, 0.1) is 18.4 Å². The summed E-state index contributed by atoms with van der Waals surface area (Å²) >= 11 is 0. The molecule has 0 unspecified atom stereocenters. The molecule has 4 nitrogen and oxygen atoms in total. The Labute approximate surface area is 122 Å². The normalized spacial score (nSPS) is 10.8. The molecule has 3 aromatic rings. The van der Waals surface area contributed by atoms with Gasteiger partial charge in [0, 0.05) is 17.1 Å². The lowest BCUT2D eigenvalue weighted by Crippen LogP contribution is -2.00. The van der Waals surface area contributed by atoms with Crippen LogP contribution in [-0.4, -0.2) is 23.0 Å². The van der Waals surface area contributed by atoms with Crippen molar-refractivity contribution in [3.05, 3.63) is 53.7 Å². The fourth-order valence-electron chi connectivity index (χ4n) is 2.41. The fraction of sp³-hybridized carbons (Fsp3) is 0.176. The van der Waals surface area contributed by atoms with Crippen LogP contribution in [0.4, 0.5) is 0 Å². The monoisotopic (exact) mass is 280 g/mol. The number of ether oxygens (including phenoxy) is 1. The highest BCUT2D eigenvalue weighted by Gasteiger charge is 2.08. The number of nitrogens with zero attached hydrogens (tertiary/aromatic N) is 1. The molecule has 0 spiro atoms. The van der Waals surface area contributed by atoms with E-state index in [1.165, 1.54) is 12.7 Å².